The van der Waals surface area contributed by atoms with E-state index in [1.807, 2.05) is 6.20 Å². The molecule has 0 aromatic carbocycles. The van der Waals surface area contributed by atoms with E-state index < -0.39 is 0 Å². The van der Waals surface area contributed by atoms with Crippen LogP contribution < -0.4 is 10.9 Å². The Kier molecular flexibility index (Phi) is 7.03. The molecule has 1 aromatic heterocycles. The quantitative estimate of drug-likeness (QED) is 0.749. The van der Waals surface area contributed by atoms with Gasteiger partial charge in [-0.2, -0.15) is 0 Å². The van der Waals surface area contributed by atoms with E-state index in [-0.39, 0.29) is 5.56 Å². The number of nitrogens with one attached hydrogen (secondary N) is 1. The van der Waals surface area contributed by atoms with Crippen LogP contribution in [-0.2, 0) is 11.3 Å². The second-order valence-corrected chi connectivity index (χ2v) is 5.37. The molecule has 96 valence electrons. The number of hydrogen-bond acceptors (Lipinski definition) is 3. The summed E-state index contributed by atoms with van der Waals surface area (Å²) in [6.07, 6.45) is 2.72. The van der Waals surface area contributed by atoms with E-state index in [4.69, 9.17) is 4.74 Å². The molecule has 0 radical (unpaired) electrons. The zero-order chi connectivity index (χ0) is 12.7. The number of aryl methyl sites for hydroxylation is 1. The van der Waals surface area contributed by atoms with Gasteiger partial charge in [-0.15, -0.1) is 0 Å². The molecule has 1 rings (SSSR count). The van der Waals surface area contributed by atoms with Gasteiger partial charge >= 0.3 is 0 Å². The number of halogens is 2. The number of rotatable bonds is 7. The van der Waals surface area contributed by atoms with Gasteiger partial charge in [0.05, 0.1) is 11.1 Å². The van der Waals surface area contributed by atoms with E-state index in [9.17, 15) is 4.79 Å². The largest absolute Gasteiger partial charge is 0.383 e. The summed E-state index contributed by atoms with van der Waals surface area (Å²) in [6.45, 7) is 3.13. The molecule has 0 fully saturated rings. The maximum absolute atomic E-state index is 11.7. The van der Waals surface area contributed by atoms with E-state index in [2.05, 4.69) is 37.2 Å². The number of nitrogens with zero attached hydrogens (tertiary/aromatic N) is 1. The maximum atomic E-state index is 11.7. The normalized spacial score (nSPS) is 10.8. The first-order valence-electron chi connectivity index (χ1n) is 5.40. The fourth-order valence-electron chi connectivity index (χ4n) is 1.40. The van der Waals surface area contributed by atoms with Crippen molar-refractivity contribution in [2.45, 2.75) is 13.0 Å². The lowest BCUT2D eigenvalue weighted by Gasteiger charge is -2.08. The lowest BCUT2D eigenvalue weighted by atomic mass is 10.4. The molecule has 0 atom stereocenters. The molecule has 0 saturated carbocycles. The Morgan fingerprint density at radius 1 is 1.41 bits per heavy atom. The molecule has 0 aliphatic heterocycles. The highest BCUT2D eigenvalue weighted by Crippen LogP contribution is 2.12. The number of ether oxygens (including phenoxy) is 1. The minimum atomic E-state index is 0.00471. The van der Waals surface area contributed by atoms with Crippen LogP contribution in [0.5, 0.6) is 0 Å². The first-order chi connectivity index (χ1) is 8.15. The number of methoxy groups -OCH3 is 1. The standard InChI is InChI=1S/C11H16Br2N2O2/c1-17-6-4-14-3-2-5-15-8-9(12)7-10(13)11(15)16/h7-8,14H,2-6H2,1H3. The van der Waals surface area contributed by atoms with E-state index in [0.29, 0.717) is 17.6 Å². The van der Waals surface area contributed by atoms with Crippen LogP contribution in [0.25, 0.3) is 0 Å². The van der Waals surface area contributed by atoms with Gasteiger partial charge in [0.1, 0.15) is 0 Å². The van der Waals surface area contributed by atoms with Gasteiger partial charge < -0.3 is 14.6 Å². The molecule has 6 heteroatoms. The third-order valence-corrected chi connectivity index (χ3v) is 3.25. The van der Waals surface area contributed by atoms with Crippen molar-refractivity contribution in [3.63, 3.8) is 0 Å². The fourth-order valence-corrected chi connectivity index (χ4v) is 2.66. The van der Waals surface area contributed by atoms with Gasteiger partial charge in [0, 0.05) is 30.9 Å². The number of pyridine rings is 1. The first-order valence-corrected chi connectivity index (χ1v) is 6.99. The van der Waals surface area contributed by atoms with Crippen LogP contribution in [-0.4, -0.2) is 31.4 Å². The van der Waals surface area contributed by atoms with Gasteiger partial charge in [-0.1, -0.05) is 0 Å². The number of hydrogen-bond donors (Lipinski definition) is 1. The van der Waals surface area contributed by atoms with Crippen molar-refractivity contribution in [2.75, 3.05) is 26.8 Å². The van der Waals surface area contributed by atoms with Crippen molar-refractivity contribution in [1.29, 1.82) is 0 Å². The second-order valence-electron chi connectivity index (χ2n) is 3.60. The minimum absolute atomic E-state index is 0.00471. The SMILES string of the molecule is COCCNCCCn1cc(Br)cc(Br)c1=O. The van der Waals surface area contributed by atoms with Crippen LogP contribution in [0.15, 0.2) is 26.0 Å². The lowest BCUT2D eigenvalue weighted by Crippen LogP contribution is -2.25. The Balaban J connectivity index is 2.39. The average molecular weight is 368 g/mol. The van der Waals surface area contributed by atoms with Gasteiger partial charge in [0.15, 0.2) is 0 Å². The second kappa shape index (κ2) is 8.02. The van der Waals surface area contributed by atoms with Crippen LogP contribution in [0.4, 0.5) is 0 Å². The van der Waals surface area contributed by atoms with Gasteiger partial charge in [0.25, 0.3) is 5.56 Å². The molecular weight excluding hydrogens is 352 g/mol. The lowest BCUT2D eigenvalue weighted by molar-refractivity contribution is 0.199. The molecule has 0 aliphatic carbocycles. The third kappa shape index (κ3) is 5.33. The van der Waals surface area contributed by atoms with Crippen molar-refractivity contribution in [3.05, 3.63) is 31.6 Å². The molecule has 0 spiro atoms. The Morgan fingerprint density at radius 3 is 2.88 bits per heavy atom. The summed E-state index contributed by atoms with van der Waals surface area (Å²) in [5.41, 5.74) is 0.00471. The van der Waals surface area contributed by atoms with Crippen LogP contribution in [0.1, 0.15) is 6.42 Å². The smallest absolute Gasteiger partial charge is 0.264 e. The van der Waals surface area contributed by atoms with Crippen molar-refractivity contribution in [3.8, 4) is 0 Å². The molecule has 0 bridgehead atoms. The summed E-state index contributed by atoms with van der Waals surface area (Å²) >= 11 is 6.61. The fraction of sp³-hybridized carbons (Fsp3) is 0.545. The highest BCUT2D eigenvalue weighted by molar-refractivity contribution is 9.11. The molecule has 0 unspecified atom stereocenters. The van der Waals surface area contributed by atoms with Crippen molar-refractivity contribution >= 4 is 31.9 Å². The predicted octanol–water partition coefficient (Wildman–Crippen LogP) is 2.00. The van der Waals surface area contributed by atoms with E-state index in [0.717, 1.165) is 24.0 Å². The Hall–Kier alpha value is -0.170. The Bertz CT molecular complexity index is 407. The molecule has 0 amide bonds. The molecular formula is C11H16Br2N2O2. The Morgan fingerprint density at radius 2 is 2.18 bits per heavy atom. The molecule has 0 saturated heterocycles. The van der Waals surface area contributed by atoms with Crippen molar-refractivity contribution < 1.29 is 4.74 Å². The maximum Gasteiger partial charge on any atom is 0.264 e. The average Bonchev–Trinajstić information content (AvgIpc) is 2.29. The Labute approximate surface area is 118 Å². The summed E-state index contributed by atoms with van der Waals surface area (Å²) in [5, 5.41) is 3.24. The van der Waals surface area contributed by atoms with Crippen LogP contribution in [0.3, 0.4) is 0 Å². The molecule has 0 aliphatic rings. The topological polar surface area (TPSA) is 43.3 Å². The molecule has 1 heterocycles. The summed E-state index contributed by atoms with van der Waals surface area (Å²) in [7, 11) is 1.68. The van der Waals surface area contributed by atoms with Gasteiger partial charge in [-0.05, 0) is 50.9 Å². The van der Waals surface area contributed by atoms with Gasteiger partial charge in [-0.3, -0.25) is 4.79 Å². The van der Waals surface area contributed by atoms with E-state index >= 15 is 0 Å². The third-order valence-electron chi connectivity index (χ3n) is 2.24. The van der Waals surface area contributed by atoms with Gasteiger partial charge in [-0.25, -0.2) is 0 Å². The summed E-state index contributed by atoms with van der Waals surface area (Å²) in [5.74, 6) is 0. The first kappa shape index (κ1) is 14.9. The van der Waals surface area contributed by atoms with Crippen LogP contribution in [0.2, 0.25) is 0 Å². The van der Waals surface area contributed by atoms with Crippen LogP contribution in [0, 0.1) is 0 Å². The molecule has 4 nitrogen and oxygen atoms in total. The zero-order valence-electron chi connectivity index (χ0n) is 9.71. The van der Waals surface area contributed by atoms with Gasteiger partial charge in [0.2, 0.25) is 0 Å². The number of aromatic nitrogens is 1. The zero-order valence-corrected chi connectivity index (χ0v) is 12.9. The molecule has 17 heavy (non-hydrogen) atoms. The summed E-state index contributed by atoms with van der Waals surface area (Å²) in [6, 6.07) is 1.76. The predicted molar refractivity (Wildman–Crippen MR) is 75.5 cm³/mol. The molecule has 1 aromatic rings. The van der Waals surface area contributed by atoms with Crippen molar-refractivity contribution in [2.24, 2.45) is 0 Å². The highest BCUT2D eigenvalue weighted by Gasteiger charge is 2.02. The minimum Gasteiger partial charge on any atom is -0.383 e. The summed E-state index contributed by atoms with van der Waals surface area (Å²) < 4.78 is 8.11. The van der Waals surface area contributed by atoms with E-state index in [1.165, 1.54) is 0 Å². The summed E-state index contributed by atoms with van der Waals surface area (Å²) in [4.78, 5) is 11.7. The highest BCUT2D eigenvalue weighted by atomic mass is 79.9. The van der Waals surface area contributed by atoms with Crippen molar-refractivity contribution in [1.82, 2.24) is 9.88 Å². The van der Waals surface area contributed by atoms with Crippen LogP contribution >= 0.6 is 31.9 Å². The van der Waals surface area contributed by atoms with E-state index in [1.54, 1.807) is 17.7 Å². The monoisotopic (exact) mass is 366 g/mol. The molecule has 1 N–H and O–H groups in total.